The highest BCUT2D eigenvalue weighted by Crippen LogP contribution is 2.37. The van der Waals surface area contributed by atoms with Crippen molar-refractivity contribution in [3.63, 3.8) is 0 Å². The van der Waals surface area contributed by atoms with Gasteiger partial charge in [0.25, 0.3) is 0 Å². The normalized spacial score (nSPS) is 23.8. The minimum Gasteiger partial charge on any atom is -0.493 e. The number of hydrogen-bond donors (Lipinski definition) is 1. The van der Waals surface area contributed by atoms with E-state index in [4.69, 9.17) is 9.47 Å². The van der Waals surface area contributed by atoms with Crippen LogP contribution in [0.3, 0.4) is 0 Å². The van der Waals surface area contributed by atoms with Crippen LogP contribution in [-0.4, -0.2) is 26.4 Å². The van der Waals surface area contributed by atoms with Crippen LogP contribution in [0.15, 0.2) is 22.7 Å². The number of halogens is 1. The van der Waals surface area contributed by atoms with Crippen LogP contribution in [0.1, 0.15) is 38.3 Å². The highest BCUT2D eigenvalue weighted by Gasteiger charge is 2.33. The molecule has 0 aromatic heterocycles. The number of hydrogen-bond acceptors (Lipinski definition) is 3. The van der Waals surface area contributed by atoms with E-state index in [2.05, 4.69) is 40.3 Å². The molecule has 1 N–H and O–H groups in total. The van der Waals surface area contributed by atoms with Gasteiger partial charge < -0.3 is 14.8 Å². The second kappa shape index (κ2) is 7.43. The van der Waals surface area contributed by atoms with Crippen LogP contribution in [0.25, 0.3) is 0 Å². The van der Waals surface area contributed by atoms with Crippen molar-refractivity contribution in [2.75, 3.05) is 20.3 Å². The van der Waals surface area contributed by atoms with E-state index in [0.717, 1.165) is 29.7 Å². The summed E-state index contributed by atoms with van der Waals surface area (Å²) in [6.07, 6.45) is 2.55. The van der Waals surface area contributed by atoms with Gasteiger partial charge in [-0.05, 0) is 60.4 Å². The van der Waals surface area contributed by atoms with E-state index in [1.807, 2.05) is 20.0 Å². The Kier molecular flexibility index (Phi) is 5.87. The van der Waals surface area contributed by atoms with E-state index in [0.29, 0.717) is 24.7 Å². The lowest BCUT2D eigenvalue weighted by Crippen LogP contribution is -2.30. The molecule has 1 fully saturated rings. The molecule has 1 aromatic rings. The van der Waals surface area contributed by atoms with Gasteiger partial charge in [0, 0.05) is 18.6 Å². The first-order chi connectivity index (χ1) is 9.71. The van der Waals surface area contributed by atoms with Crippen molar-refractivity contribution in [2.45, 2.75) is 38.8 Å². The Balaban J connectivity index is 2.21. The minimum absolute atomic E-state index is 0.328. The smallest absolute Gasteiger partial charge is 0.133 e. The van der Waals surface area contributed by atoms with E-state index in [1.54, 1.807) is 0 Å². The van der Waals surface area contributed by atoms with Crippen LogP contribution in [0.2, 0.25) is 0 Å². The van der Waals surface area contributed by atoms with E-state index in [-0.39, 0.29) is 0 Å². The molecule has 2 rings (SSSR count). The molecule has 0 radical (unpaired) electrons. The van der Waals surface area contributed by atoms with Crippen LogP contribution in [0.5, 0.6) is 5.75 Å². The molecule has 0 saturated carbocycles. The Morgan fingerprint density at radius 1 is 1.45 bits per heavy atom. The van der Waals surface area contributed by atoms with Gasteiger partial charge in [-0.3, -0.25) is 0 Å². The standard InChI is InChI=1S/C16H24BrNO2/c1-4-14-12(8-9-20-14)16(18-3)11-6-7-15(19-5-2)13(17)10-11/h6-7,10,12,14,16,18H,4-5,8-9H2,1-3H3. The maximum Gasteiger partial charge on any atom is 0.133 e. The molecule has 3 unspecified atom stereocenters. The van der Waals surface area contributed by atoms with Crippen LogP contribution in [0, 0.1) is 5.92 Å². The van der Waals surface area contributed by atoms with Gasteiger partial charge in [-0.2, -0.15) is 0 Å². The zero-order chi connectivity index (χ0) is 14.5. The third-order valence-corrected chi connectivity index (χ3v) is 4.64. The molecule has 0 aliphatic carbocycles. The topological polar surface area (TPSA) is 30.5 Å². The Morgan fingerprint density at radius 2 is 2.25 bits per heavy atom. The summed E-state index contributed by atoms with van der Waals surface area (Å²) >= 11 is 3.60. The quantitative estimate of drug-likeness (QED) is 0.850. The molecule has 3 atom stereocenters. The Bertz CT molecular complexity index is 438. The van der Waals surface area contributed by atoms with Gasteiger partial charge >= 0.3 is 0 Å². The molecule has 112 valence electrons. The van der Waals surface area contributed by atoms with Crippen molar-refractivity contribution in [1.29, 1.82) is 0 Å². The molecule has 0 bridgehead atoms. The molecule has 0 spiro atoms. The summed E-state index contributed by atoms with van der Waals surface area (Å²) in [5.41, 5.74) is 1.29. The van der Waals surface area contributed by atoms with Gasteiger partial charge in [0.2, 0.25) is 0 Å². The fraction of sp³-hybridized carbons (Fsp3) is 0.625. The summed E-state index contributed by atoms with van der Waals surface area (Å²) in [4.78, 5) is 0. The van der Waals surface area contributed by atoms with E-state index in [9.17, 15) is 0 Å². The Labute approximate surface area is 130 Å². The largest absolute Gasteiger partial charge is 0.493 e. The van der Waals surface area contributed by atoms with Gasteiger partial charge in [-0.15, -0.1) is 0 Å². The monoisotopic (exact) mass is 341 g/mol. The Hall–Kier alpha value is -0.580. The number of ether oxygens (including phenoxy) is 2. The van der Waals surface area contributed by atoms with Gasteiger partial charge in [0.1, 0.15) is 5.75 Å². The molecule has 1 aromatic carbocycles. The highest BCUT2D eigenvalue weighted by atomic mass is 79.9. The zero-order valence-corrected chi connectivity index (χ0v) is 14.1. The molecule has 1 aliphatic heterocycles. The van der Waals surface area contributed by atoms with Crippen LogP contribution >= 0.6 is 15.9 Å². The van der Waals surface area contributed by atoms with Gasteiger partial charge in [0.15, 0.2) is 0 Å². The molecule has 3 nitrogen and oxygen atoms in total. The average Bonchev–Trinajstić information content (AvgIpc) is 2.91. The van der Waals surface area contributed by atoms with Crippen molar-refractivity contribution in [3.8, 4) is 5.75 Å². The molecular weight excluding hydrogens is 318 g/mol. The molecule has 1 heterocycles. The summed E-state index contributed by atoms with van der Waals surface area (Å²) in [5.74, 6) is 1.44. The van der Waals surface area contributed by atoms with Crippen molar-refractivity contribution in [2.24, 2.45) is 5.92 Å². The average molecular weight is 342 g/mol. The number of nitrogens with one attached hydrogen (secondary N) is 1. The molecule has 4 heteroatoms. The molecule has 1 saturated heterocycles. The van der Waals surface area contributed by atoms with Crippen molar-refractivity contribution in [3.05, 3.63) is 28.2 Å². The highest BCUT2D eigenvalue weighted by molar-refractivity contribution is 9.10. The first kappa shape index (κ1) is 15.8. The van der Waals surface area contributed by atoms with Crippen molar-refractivity contribution < 1.29 is 9.47 Å². The van der Waals surface area contributed by atoms with Crippen LogP contribution in [0.4, 0.5) is 0 Å². The van der Waals surface area contributed by atoms with Crippen molar-refractivity contribution >= 4 is 15.9 Å². The summed E-state index contributed by atoms with van der Waals surface area (Å²) in [6, 6.07) is 6.69. The summed E-state index contributed by atoms with van der Waals surface area (Å²) < 4.78 is 12.4. The second-order valence-electron chi connectivity index (χ2n) is 5.16. The number of benzene rings is 1. The number of rotatable bonds is 6. The zero-order valence-electron chi connectivity index (χ0n) is 12.5. The maximum absolute atomic E-state index is 5.84. The Morgan fingerprint density at radius 3 is 2.85 bits per heavy atom. The maximum atomic E-state index is 5.84. The predicted molar refractivity (Wildman–Crippen MR) is 85.2 cm³/mol. The summed E-state index contributed by atoms with van der Waals surface area (Å²) in [5, 5.41) is 3.46. The van der Waals surface area contributed by atoms with E-state index >= 15 is 0 Å². The molecular formula is C16H24BrNO2. The SMILES string of the molecule is CCOc1ccc(C(NC)C2CCOC2CC)cc1Br. The van der Waals surface area contributed by atoms with E-state index in [1.165, 1.54) is 5.56 Å². The third kappa shape index (κ3) is 3.35. The van der Waals surface area contributed by atoms with Crippen LogP contribution in [-0.2, 0) is 4.74 Å². The minimum atomic E-state index is 0.328. The summed E-state index contributed by atoms with van der Waals surface area (Å²) in [7, 11) is 2.03. The van der Waals surface area contributed by atoms with Gasteiger partial charge in [-0.25, -0.2) is 0 Å². The fourth-order valence-corrected chi connectivity index (χ4v) is 3.59. The molecule has 20 heavy (non-hydrogen) atoms. The second-order valence-corrected chi connectivity index (χ2v) is 6.01. The van der Waals surface area contributed by atoms with Crippen molar-refractivity contribution in [1.82, 2.24) is 5.32 Å². The summed E-state index contributed by atoms with van der Waals surface area (Å²) in [6.45, 7) is 5.75. The third-order valence-electron chi connectivity index (χ3n) is 4.02. The van der Waals surface area contributed by atoms with Crippen LogP contribution < -0.4 is 10.1 Å². The molecule has 1 aliphatic rings. The lowest BCUT2D eigenvalue weighted by molar-refractivity contribution is 0.0782. The van der Waals surface area contributed by atoms with Gasteiger partial charge in [0.05, 0.1) is 17.2 Å². The molecule has 0 amide bonds. The van der Waals surface area contributed by atoms with Gasteiger partial charge in [-0.1, -0.05) is 13.0 Å². The fourth-order valence-electron chi connectivity index (χ4n) is 3.08. The first-order valence-corrected chi connectivity index (χ1v) is 8.21. The van der Waals surface area contributed by atoms with E-state index < -0.39 is 0 Å². The predicted octanol–water partition coefficient (Wildman–Crippen LogP) is 3.92. The first-order valence-electron chi connectivity index (χ1n) is 7.42. The lowest BCUT2D eigenvalue weighted by atomic mass is 9.87. The lowest BCUT2D eigenvalue weighted by Gasteiger charge is -2.27.